The number of hydrogen-bond donors (Lipinski definition) is 1. The maximum absolute atomic E-state index is 6.33. The predicted molar refractivity (Wildman–Crippen MR) is 69.2 cm³/mol. The van der Waals surface area contributed by atoms with Crippen LogP contribution in [-0.2, 0) is 9.47 Å². The van der Waals surface area contributed by atoms with Gasteiger partial charge in [-0.15, -0.1) is 0 Å². The van der Waals surface area contributed by atoms with Crippen LogP contribution in [0.3, 0.4) is 0 Å². The molecule has 0 amide bonds. The van der Waals surface area contributed by atoms with Gasteiger partial charge in [0.2, 0.25) is 0 Å². The van der Waals surface area contributed by atoms with Gasteiger partial charge in [0, 0.05) is 12.6 Å². The van der Waals surface area contributed by atoms with E-state index >= 15 is 0 Å². The monoisotopic (exact) mass is 241 g/mol. The van der Waals surface area contributed by atoms with Crippen molar-refractivity contribution in [2.45, 2.75) is 64.2 Å². The van der Waals surface area contributed by atoms with Crippen LogP contribution in [-0.4, -0.2) is 37.5 Å². The highest BCUT2D eigenvalue weighted by Crippen LogP contribution is 2.36. The van der Waals surface area contributed by atoms with Gasteiger partial charge in [-0.05, 0) is 31.6 Å². The summed E-state index contributed by atoms with van der Waals surface area (Å²) in [4.78, 5) is 0. The third kappa shape index (κ3) is 3.67. The van der Waals surface area contributed by atoms with E-state index in [-0.39, 0.29) is 5.60 Å². The molecule has 1 aliphatic carbocycles. The second-order valence-corrected chi connectivity index (χ2v) is 6.18. The van der Waals surface area contributed by atoms with Crippen LogP contribution in [0.4, 0.5) is 0 Å². The second-order valence-electron chi connectivity index (χ2n) is 6.18. The average Bonchev–Trinajstić information content (AvgIpc) is 2.25. The summed E-state index contributed by atoms with van der Waals surface area (Å²) < 4.78 is 11.5. The van der Waals surface area contributed by atoms with Gasteiger partial charge in [-0.25, -0.2) is 0 Å². The first-order valence-electron chi connectivity index (χ1n) is 7.09. The van der Waals surface area contributed by atoms with Gasteiger partial charge in [0.1, 0.15) is 6.10 Å². The zero-order chi connectivity index (χ0) is 12.3. The van der Waals surface area contributed by atoms with Crippen molar-refractivity contribution in [3.63, 3.8) is 0 Å². The average molecular weight is 241 g/mol. The number of nitrogens with one attached hydrogen (secondary N) is 1. The maximum Gasteiger partial charge on any atom is 0.105 e. The van der Waals surface area contributed by atoms with Crippen LogP contribution in [0.5, 0.6) is 0 Å². The van der Waals surface area contributed by atoms with Gasteiger partial charge in [0.25, 0.3) is 0 Å². The van der Waals surface area contributed by atoms with Crippen LogP contribution in [0, 0.1) is 5.92 Å². The van der Waals surface area contributed by atoms with Gasteiger partial charge in [0.05, 0.1) is 18.8 Å². The number of hydrogen-bond acceptors (Lipinski definition) is 3. The Labute approximate surface area is 105 Å². The minimum Gasteiger partial charge on any atom is -0.376 e. The van der Waals surface area contributed by atoms with Crippen LogP contribution in [0.25, 0.3) is 0 Å². The summed E-state index contributed by atoms with van der Waals surface area (Å²) in [7, 11) is 0. The molecular formula is C14H27NO2. The Morgan fingerprint density at radius 2 is 1.94 bits per heavy atom. The standard InChI is InChI=1S/C14H27NO2/c1-11(2)15-10-14(17-13-8-16-9-13)6-4-12(3)5-7-14/h11-13,15H,4-10H2,1-3H3. The Morgan fingerprint density at radius 3 is 2.41 bits per heavy atom. The van der Waals surface area contributed by atoms with E-state index in [4.69, 9.17) is 9.47 Å². The third-order valence-electron chi connectivity index (χ3n) is 4.04. The zero-order valence-corrected chi connectivity index (χ0v) is 11.5. The van der Waals surface area contributed by atoms with Crippen LogP contribution < -0.4 is 5.32 Å². The lowest BCUT2D eigenvalue weighted by Crippen LogP contribution is -2.52. The predicted octanol–water partition coefficient (Wildman–Crippen LogP) is 2.35. The molecule has 17 heavy (non-hydrogen) atoms. The molecule has 1 heterocycles. The fourth-order valence-electron chi connectivity index (χ4n) is 2.65. The van der Waals surface area contributed by atoms with Crippen molar-refractivity contribution in [3.05, 3.63) is 0 Å². The molecule has 1 N–H and O–H groups in total. The van der Waals surface area contributed by atoms with E-state index in [1.54, 1.807) is 0 Å². The highest BCUT2D eigenvalue weighted by atomic mass is 16.6. The molecule has 0 bridgehead atoms. The summed E-state index contributed by atoms with van der Waals surface area (Å²) in [6, 6.07) is 0.535. The minimum atomic E-state index is 0.0746. The fourth-order valence-corrected chi connectivity index (χ4v) is 2.65. The van der Waals surface area contributed by atoms with Gasteiger partial charge in [0.15, 0.2) is 0 Å². The Hall–Kier alpha value is -0.120. The van der Waals surface area contributed by atoms with Crippen molar-refractivity contribution in [1.29, 1.82) is 0 Å². The van der Waals surface area contributed by atoms with Crippen molar-refractivity contribution in [2.24, 2.45) is 5.92 Å². The zero-order valence-electron chi connectivity index (χ0n) is 11.5. The van der Waals surface area contributed by atoms with Crippen LogP contribution in [0.2, 0.25) is 0 Å². The van der Waals surface area contributed by atoms with E-state index < -0.39 is 0 Å². The summed E-state index contributed by atoms with van der Waals surface area (Å²) in [5.41, 5.74) is 0.0746. The number of ether oxygens (including phenoxy) is 2. The van der Waals surface area contributed by atoms with E-state index in [0.717, 1.165) is 25.7 Å². The van der Waals surface area contributed by atoms with Crippen molar-refractivity contribution in [3.8, 4) is 0 Å². The second kappa shape index (κ2) is 5.68. The van der Waals surface area contributed by atoms with E-state index in [9.17, 15) is 0 Å². The first-order valence-corrected chi connectivity index (χ1v) is 7.09. The molecule has 2 fully saturated rings. The smallest absolute Gasteiger partial charge is 0.105 e. The Kier molecular flexibility index (Phi) is 4.45. The SMILES string of the molecule is CC1CCC(CNC(C)C)(OC2COC2)CC1. The van der Waals surface area contributed by atoms with Gasteiger partial charge in [-0.1, -0.05) is 20.8 Å². The van der Waals surface area contributed by atoms with E-state index in [1.165, 1.54) is 25.7 Å². The molecule has 0 unspecified atom stereocenters. The van der Waals surface area contributed by atoms with E-state index in [2.05, 4.69) is 26.1 Å². The lowest BCUT2D eigenvalue weighted by atomic mass is 9.79. The molecule has 0 spiro atoms. The molecule has 0 radical (unpaired) electrons. The van der Waals surface area contributed by atoms with Gasteiger partial charge >= 0.3 is 0 Å². The van der Waals surface area contributed by atoms with Crippen LogP contribution in [0.1, 0.15) is 46.5 Å². The maximum atomic E-state index is 6.33. The van der Waals surface area contributed by atoms with Crippen molar-refractivity contribution in [2.75, 3.05) is 19.8 Å². The summed E-state index contributed by atoms with van der Waals surface area (Å²) in [5, 5.41) is 3.56. The lowest BCUT2D eigenvalue weighted by Gasteiger charge is -2.44. The normalized spacial score (nSPS) is 34.9. The molecule has 0 aromatic heterocycles. The highest BCUT2D eigenvalue weighted by molar-refractivity contribution is 4.90. The van der Waals surface area contributed by atoms with Gasteiger partial charge < -0.3 is 14.8 Å². The first-order chi connectivity index (χ1) is 8.10. The first kappa shape index (κ1) is 13.3. The molecule has 1 saturated carbocycles. The quantitative estimate of drug-likeness (QED) is 0.801. The molecule has 1 saturated heterocycles. The molecule has 0 aromatic carbocycles. The Morgan fingerprint density at radius 1 is 1.29 bits per heavy atom. The van der Waals surface area contributed by atoms with Gasteiger partial charge in [-0.3, -0.25) is 0 Å². The van der Waals surface area contributed by atoms with Crippen molar-refractivity contribution in [1.82, 2.24) is 5.32 Å². The molecule has 3 heteroatoms. The number of rotatable bonds is 5. The van der Waals surface area contributed by atoms with Gasteiger partial charge in [-0.2, -0.15) is 0 Å². The summed E-state index contributed by atoms with van der Waals surface area (Å²) in [5.74, 6) is 0.864. The fraction of sp³-hybridized carbons (Fsp3) is 1.00. The Balaban J connectivity index is 1.89. The minimum absolute atomic E-state index is 0.0746. The molecule has 1 aliphatic heterocycles. The molecule has 2 rings (SSSR count). The third-order valence-corrected chi connectivity index (χ3v) is 4.04. The van der Waals surface area contributed by atoms with Crippen molar-refractivity contribution < 1.29 is 9.47 Å². The molecule has 2 aliphatic rings. The topological polar surface area (TPSA) is 30.5 Å². The van der Waals surface area contributed by atoms with E-state index in [1.807, 2.05) is 0 Å². The summed E-state index contributed by atoms with van der Waals surface area (Å²) in [6.45, 7) is 9.33. The highest BCUT2D eigenvalue weighted by Gasteiger charge is 2.38. The Bertz CT molecular complexity index is 230. The lowest BCUT2D eigenvalue weighted by molar-refractivity contribution is -0.202. The molecule has 0 atom stereocenters. The van der Waals surface area contributed by atoms with Crippen LogP contribution >= 0.6 is 0 Å². The van der Waals surface area contributed by atoms with Crippen LogP contribution in [0.15, 0.2) is 0 Å². The summed E-state index contributed by atoms with van der Waals surface area (Å²) in [6.07, 6.45) is 5.34. The largest absolute Gasteiger partial charge is 0.376 e. The molecule has 3 nitrogen and oxygen atoms in total. The molecular weight excluding hydrogens is 214 g/mol. The molecule has 0 aromatic rings. The van der Waals surface area contributed by atoms with Crippen molar-refractivity contribution >= 4 is 0 Å². The van der Waals surface area contributed by atoms with E-state index in [0.29, 0.717) is 12.1 Å². The summed E-state index contributed by atoms with van der Waals surface area (Å²) >= 11 is 0. The molecule has 100 valence electrons.